The van der Waals surface area contributed by atoms with Crippen LogP contribution in [0.3, 0.4) is 0 Å². The first-order chi connectivity index (χ1) is 9.79. The average molecular weight is 293 g/mol. The Kier molecular flexibility index (Phi) is 5.71. The number of nitrogen functional groups attached to an aromatic ring is 1. The summed E-state index contributed by atoms with van der Waals surface area (Å²) in [6.45, 7) is 1.84. The third-order valence-corrected chi connectivity index (χ3v) is 3.04. The van der Waals surface area contributed by atoms with Crippen molar-refractivity contribution >= 4 is 23.5 Å². The minimum Gasteiger partial charge on any atom is -0.480 e. The third-order valence-electron chi connectivity index (χ3n) is 3.04. The Bertz CT molecular complexity index is 528. The van der Waals surface area contributed by atoms with Gasteiger partial charge in [-0.15, -0.1) is 0 Å². The number of anilines is 1. The lowest BCUT2D eigenvalue weighted by atomic mass is 9.97. The highest BCUT2D eigenvalue weighted by Crippen LogP contribution is 2.20. The number of benzene rings is 1. The molecule has 0 aromatic heterocycles. The largest absolute Gasteiger partial charge is 0.480 e. The summed E-state index contributed by atoms with van der Waals surface area (Å²) < 4.78 is 0. The summed E-state index contributed by atoms with van der Waals surface area (Å²) in [5.74, 6) is -2.63. The van der Waals surface area contributed by atoms with Gasteiger partial charge in [-0.2, -0.15) is 0 Å². The molecule has 0 aliphatic carbocycles. The summed E-state index contributed by atoms with van der Waals surface area (Å²) in [6.07, 6.45) is -0.330. The predicted octanol–water partition coefficient (Wildman–Crippen LogP) is 0.207. The number of nitrogens with one attached hydrogen (secondary N) is 1. The molecule has 7 nitrogen and oxygen atoms in total. The summed E-state index contributed by atoms with van der Waals surface area (Å²) in [7, 11) is 0. The molecule has 2 amide bonds. The summed E-state index contributed by atoms with van der Waals surface area (Å²) in [6, 6.07) is 5.79. The molecule has 0 fully saturated rings. The van der Waals surface area contributed by atoms with E-state index in [0.29, 0.717) is 5.69 Å². The molecule has 0 bridgehead atoms. The van der Waals surface area contributed by atoms with Crippen molar-refractivity contribution in [2.45, 2.75) is 31.7 Å². The van der Waals surface area contributed by atoms with Gasteiger partial charge in [-0.25, -0.2) is 4.79 Å². The van der Waals surface area contributed by atoms with Crippen LogP contribution in [0.1, 0.15) is 31.2 Å². The number of carboxylic acid groups (broad SMARTS) is 1. The van der Waals surface area contributed by atoms with Gasteiger partial charge in [0.2, 0.25) is 11.8 Å². The third kappa shape index (κ3) is 5.52. The first kappa shape index (κ1) is 16.5. The number of carbonyl (C=O) groups excluding carboxylic acids is 2. The van der Waals surface area contributed by atoms with Gasteiger partial charge in [0.05, 0.1) is 6.42 Å². The Hall–Kier alpha value is -2.57. The average Bonchev–Trinajstić information content (AvgIpc) is 2.37. The standard InChI is InChI=1S/C14H19N3O4/c1-8(9-2-4-10(15)5-3-9)6-13(19)17-11(14(20)21)7-12(16)18/h2-5,8,11H,6-7,15H2,1H3,(H2,16,18)(H,17,19)(H,20,21)/t8?,11-/m0/s1. The molecule has 21 heavy (non-hydrogen) atoms. The lowest BCUT2D eigenvalue weighted by molar-refractivity contribution is -0.143. The number of carbonyl (C=O) groups is 3. The van der Waals surface area contributed by atoms with Crippen molar-refractivity contribution in [3.63, 3.8) is 0 Å². The van der Waals surface area contributed by atoms with E-state index >= 15 is 0 Å². The summed E-state index contributed by atoms with van der Waals surface area (Å²) >= 11 is 0. The number of hydrogen-bond acceptors (Lipinski definition) is 4. The van der Waals surface area contributed by atoms with Gasteiger partial charge < -0.3 is 21.9 Å². The molecule has 1 aromatic rings. The Labute approximate surface area is 122 Å². The normalized spacial score (nSPS) is 13.2. The number of aliphatic carboxylic acids is 1. The second-order valence-electron chi connectivity index (χ2n) is 4.90. The van der Waals surface area contributed by atoms with Crippen LogP contribution in [-0.4, -0.2) is 28.9 Å². The van der Waals surface area contributed by atoms with Crippen LogP contribution in [0.2, 0.25) is 0 Å². The first-order valence-corrected chi connectivity index (χ1v) is 6.45. The van der Waals surface area contributed by atoms with E-state index in [1.807, 2.05) is 19.1 Å². The second-order valence-corrected chi connectivity index (χ2v) is 4.90. The molecule has 0 heterocycles. The van der Waals surface area contributed by atoms with Gasteiger partial charge in [0.25, 0.3) is 0 Å². The Morgan fingerprint density at radius 1 is 1.19 bits per heavy atom. The highest BCUT2D eigenvalue weighted by molar-refractivity contribution is 5.88. The van der Waals surface area contributed by atoms with Crippen molar-refractivity contribution in [3.05, 3.63) is 29.8 Å². The second kappa shape index (κ2) is 7.28. The molecule has 6 N–H and O–H groups in total. The van der Waals surface area contributed by atoms with Gasteiger partial charge in [0.15, 0.2) is 0 Å². The van der Waals surface area contributed by atoms with Gasteiger partial charge in [0.1, 0.15) is 6.04 Å². The highest BCUT2D eigenvalue weighted by atomic mass is 16.4. The van der Waals surface area contributed by atoms with Crippen molar-refractivity contribution in [1.29, 1.82) is 0 Å². The highest BCUT2D eigenvalue weighted by Gasteiger charge is 2.23. The molecule has 0 radical (unpaired) electrons. The van der Waals surface area contributed by atoms with Gasteiger partial charge in [-0.1, -0.05) is 19.1 Å². The molecular formula is C14H19N3O4. The van der Waals surface area contributed by atoms with Gasteiger partial charge in [0, 0.05) is 12.1 Å². The van der Waals surface area contributed by atoms with Crippen molar-refractivity contribution in [3.8, 4) is 0 Å². The molecule has 0 spiro atoms. The number of amides is 2. The molecule has 0 aliphatic heterocycles. The summed E-state index contributed by atoms with van der Waals surface area (Å²) in [4.78, 5) is 33.5. The molecule has 114 valence electrons. The monoisotopic (exact) mass is 293 g/mol. The van der Waals surface area contributed by atoms with Crippen molar-refractivity contribution in [1.82, 2.24) is 5.32 Å². The van der Waals surface area contributed by atoms with Crippen LogP contribution in [-0.2, 0) is 14.4 Å². The smallest absolute Gasteiger partial charge is 0.326 e. The van der Waals surface area contributed by atoms with E-state index in [1.54, 1.807) is 12.1 Å². The molecule has 1 unspecified atom stereocenters. The zero-order valence-corrected chi connectivity index (χ0v) is 11.7. The van der Waals surface area contributed by atoms with E-state index < -0.39 is 30.2 Å². The fourth-order valence-corrected chi connectivity index (χ4v) is 1.88. The lowest BCUT2D eigenvalue weighted by Gasteiger charge is -2.16. The van der Waals surface area contributed by atoms with Crippen LogP contribution >= 0.6 is 0 Å². The maximum absolute atomic E-state index is 11.8. The zero-order chi connectivity index (χ0) is 16.0. The number of hydrogen-bond donors (Lipinski definition) is 4. The van der Waals surface area contributed by atoms with Crippen LogP contribution in [0.4, 0.5) is 5.69 Å². The van der Waals surface area contributed by atoms with E-state index in [9.17, 15) is 14.4 Å². The zero-order valence-electron chi connectivity index (χ0n) is 11.7. The number of nitrogens with two attached hydrogens (primary N) is 2. The first-order valence-electron chi connectivity index (χ1n) is 6.45. The topological polar surface area (TPSA) is 136 Å². The van der Waals surface area contributed by atoms with E-state index in [1.165, 1.54) is 0 Å². The van der Waals surface area contributed by atoms with Gasteiger partial charge in [-0.05, 0) is 23.6 Å². The molecule has 7 heteroatoms. The number of rotatable bonds is 7. The molecule has 1 aromatic carbocycles. The molecular weight excluding hydrogens is 274 g/mol. The molecule has 2 atom stereocenters. The Morgan fingerprint density at radius 2 is 1.76 bits per heavy atom. The maximum Gasteiger partial charge on any atom is 0.326 e. The van der Waals surface area contributed by atoms with Gasteiger partial charge in [-0.3, -0.25) is 9.59 Å². The van der Waals surface area contributed by atoms with Crippen LogP contribution < -0.4 is 16.8 Å². The van der Waals surface area contributed by atoms with Crippen molar-refractivity contribution in [2.24, 2.45) is 5.73 Å². The van der Waals surface area contributed by atoms with E-state index in [4.69, 9.17) is 16.6 Å². The molecule has 1 rings (SSSR count). The van der Waals surface area contributed by atoms with Crippen LogP contribution in [0.25, 0.3) is 0 Å². The number of carboxylic acids is 1. The van der Waals surface area contributed by atoms with Gasteiger partial charge >= 0.3 is 5.97 Å². The summed E-state index contributed by atoms with van der Waals surface area (Å²) in [5, 5.41) is 11.2. The number of primary amides is 1. The molecule has 0 saturated carbocycles. The Balaban J connectivity index is 2.61. The summed E-state index contributed by atoms with van der Waals surface area (Å²) in [5.41, 5.74) is 12.1. The van der Waals surface area contributed by atoms with Crippen LogP contribution in [0.5, 0.6) is 0 Å². The fourth-order valence-electron chi connectivity index (χ4n) is 1.88. The fraction of sp³-hybridized carbons (Fsp3) is 0.357. The van der Waals surface area contributed by atoms with E-state index in [-0.39, 0.29) is 12.3 Å². The molecule has 0 aliphatic rings. The molecule has 0 saturated heterocycles. The quantitative estimate of drug-likeness (QED) is 0.533. The lowest BCUT2D eigenvalue weighted by Crippen LogP contribution is -2.43. The van der Waals surface area contributed by atoms with E-state index in [0.717, 1.165) is 5.56 Å². The van der Waals surface area contributed by atoms with E-state index in [2.05, 4.69) is 5.32 Å². The Morgan fingerprint density at radius 3 is 2.24 bits per heavy atom. The van der Waals surface area contributed by atoms with Crippen LogP contribution in [0, 0.1) is 0 Å². The maximum atomic E-state index is 11.8. The minimum atomic E-state index is -1.30. The predicted molar refractivity (Wildman–Crippen MR) is 77.3 cm³/mol. The van der Waals surface area contributed by atoms with Crippen LogP contribution in [0.15, 0.2) is 24.3 Å². The van der Waals surface area contributed by atoms with Crippen molar-refractivity contribution < 1.29 is 19.5 Å². The van der Waals surface area contributed by atoms with Crippen molar-refractivity contribution in [2.75, 3.05) is 5.73 Å². The minimum absolute atomic E-state index is 0.103. The SMILES string of the molecule is CC(CC(=O)N[C@@H](CC(N)=O)C(=O)O)c1ccc(N)cc1.